The van der Waals surface area contributed by atoms with Crippen molar-refractivity contribution in [2.75, 3.05) is 0 Å². The van der Waals surface area contributed by atoms with Crippen molar-refractivity contribution in [2.24, 2.45) is 4.40 Å². The monoisotopic (exact) mass is 352 g/mol. The topological polar surface area (TPSA) is 42.3 Å². The number of pyridine rings is 1. The molecule has 1 atom stereocenters. The third kappa shape index (κ3) is 3.68. The predicted molar refractivity (Wildman–Crippen MR) is 81.5 cm³/mol. The van der Waals surface area contributed by atoms with Crippen LogP contribution in [-0.4, -0.2) is 20.2 Å². The lowest BCUT2D eigenvalue weighted by Crippen LogP contribution is -2.21. The maximum absolute atomic E-state index is 12.6. The molecule has 8 heteroatoms. The summed E-state index contributed by atoms with van der Waals surface area (Å²) < 4.78 is 53.4. The molecule has 0 aromatic carbocycles. The van der Waals surface area contributed by atoms with Crippen LogP contribution < -0.4 is 0 Å². The fourth-order valence-electron chi connectivity index (χ4n) is 1.83. The van der Waals surface area contributed by atoms with Crippen LogP contribution in [0, 0.1) is 0 Å². The zero-order chi connectivity index (χ0) is 16.8. The van der Waals surface area contributed by atoms with Gasteiger partial charge in [-0.05, 0) is 39.7 Å². The Balaban J connectivity index is 2.28. The molecule has 0 aliphatic heterocycles. The molecule has 1 saturated carbocycles. The Morgan fingerprint density at radius 1 is 1.36 bits per heavy atom. The molecule has 0 N–H and O–H groups in total. The molecule has 1 fully saturated rings. The Labute approximate surface area is 134 Å². The zero-order valence-corrected chi connectivity index (χ0v) is 13.9. The third-order valence-corrected chi connectivity index (χ3v) is 4.98. The normalized spacial score (nSPS) is 19.4. The van der Waals surface area contributed by atoms with E-state index in [1.165, 1.54) is 6.21 Å². The Hall–Kier alpha value is -0.950. The van der Waals surface area contributed by atoms with Crippen LogP contribution in [0.3, 0.4) is 0 Å². The smallest absolute Gasteiger partial charge is 0.258 e. The van der Waals surface area contributed by atoms with E-state index in [1.54, 1.807) is 20.8 Å². The highest BCUT2D eigenvalue weighted by atomic mass is 35.5. The molecule has 0 radical (unpaired) electrons. The summed E-state index contributed by atoms with van der Waals surface area (Å²) in [4.78, 5) is 3.88. The predicted octanol–water partition coefficient (Wildman–Crippen LogP) is 4.32. The molecule has 1 heterocycles. The van der Waals surface area contributed by atoms with Crippen molar-refractivity contribution in [1.29, 1.82) is 0 Å². The van der Waals surface area contributed by atoms with Crippen LogP contribution in [0.4, 0.5) is 13.2 Å². The molecule has 1 aromatic rings. The molecule has 1 aliphatic rings. The zero-order valence-electron chi connectivity index (χ0n) is 12.4. The van der Waals surface area contributed by atoms with Crippen molar-refractivity contribution in [2.45, 2.75) is 50.0 Å². The van der Waals surface area contributed by atoms with Gasteiger partial charge in [-0.25, -0.2) is 4.21 Å². The molecule has 22 heavy (non-hydrogen) atoms. The summed E-state index contributed by atoms with van der Waals surface area (Å²) in [6.07, 6.45) is -0.828. The number of halogens is 4. The van der Waals surface area contributed by atoms with E-state index in [4.69, 9.17) is 11.6 Å². The molecule has 0 saturated heterocycles. The van der Waals surface area contributed by atoms with Gasteiger partial charge >= 0.3 is 6.18 Å². The van der Waals surface area contributed by atoms with Crippen molar-refractivity contribution in [1.82, 2.24) is 4.98 Å². The van der Waals surface area contributed by atoms with Gasteiger partial charge in [0.15, 0.2) is 0 Å². The van der Waals surface area contributed by atoms with E-state index in [0.29, 0.717) is 18.5 Å². The van der Waals surface area contributed by atoms with Crippen LogP contribution in [0.2, 0.25) is 5.02 Å². The van der Waals surface area contributed by atoms with E-state index in [-0.39, 0.29) is 5.02 Å². The minimum atomic E-state index is -4.48. The molecule has 1 unspecified atom stereocenters. The molecule has 0 bridgehead atoms. The molecule has 0 amide bonds. The summed E-state index contributed by atoms with van der Waals surface area (Å²) >= 11 is 5.97. The summed E-state index contributed by atoms with van der Waals surface area (Å²) in [5.74, 6) is 0. The molecule has 1 aromatic heterocycles. The van der Waals surface area contributed by atoms with Crippen molar-refractivity contribution in [3.8, 4) is 0 Å². The first-order valence-electron chi connectivity index (χ1n) is 6.66. The van der Waals surface area contributed by atoms with Gasteiger partial charge in [0.25, 0.3) is 0 Å². The summed E-state index contributed by atoms with van der Waals surface area (Å²) in [6.45, 7) is 5.39. The van der Waals surface area contributed by atoms with E-state index < -0.39 is 32.9 Å². The van der Waals surface area contributed by atoms with Crippen LogP contribution in [0.15, 0.2) is 16.7 Å². The van der Waals surface area contributed by atoms with Gasteiger partial charge in [0, 0.05) is 12.4 Å². The summed E-state index contributed by atoms with van der Waals surface area (Å²) in [7, 11) is -1.42. The van der Waals surface area contributed by atoms with Gasteiger partial charge in [-0.15, -0.1) is 0 Å². The average Bonchev–Trinajstić information content (AvgIpc) is 3.14. The Morgan fingerprint density at radius 2 is 1.95 bits per heavy atom. The Bertz CT molecular complexity index is 634. The first-order chi connectivity index (χ1) is 9.96. The molecule has 2 rings (SSSR count). The van der Waals surface area contributed by atoms with Crippen LogP contribution in [0.25, 0.3) is 0 Å². The van der Waals surface area contributed by atoms with E-state index >= 15 is 0 Å². The summed E-state index contributed by atoms with van der Waals surface area (Å²) in [5.41, 5.74) is -1.12. The second-order valence-electron chi connectivity index (χ2n) is 6.30. The Kier molecular flexibility index (Phi) is 4.43. The van der Waals surface area contributed by atoms with Gasteiger partial charge in [-0.2, -0.15) is 17.6 Å². The molecule has 1 aliphatic carbocycles. The van der Waals surface area contributed by atoms with E-state index in [1.807, 2.05) is 0 Å². The molecular weight excluding hydrogens is 337 g/mol. The number of hydrogen-bond acceptors (Lipinski definition) is 2. The van der Waals surface area contributed by atoms with E-state index in [2.05, 4.69) is 9.38 Å². The second-order valence-corrected chi connectivity index (χ2v) is 8.65. The Morgan fingerprint density at radius 3 is 2.36 bits per heavy atom. The van der Waals surface area contributed by atoms with Crippen molar-refractivity contribution in [3.63, 3.8) is 0 Å². The fraction of sp³-hybridized carbons (Fsp3) is 0.571. The summed E-state index contributed by atoms with van der Waals surface area (Å²) in [6, 6.07) is 0.874. The minimum absolute atomic E-state index is 0.0414. The van der Waals surface area contributed by atoms with E-state index in [0.717, 1.165) is 12.3 Å². The lowest BCUT2D eigenvalue weighted by atomic mass is 10.0. The molecular formula is C14H16ClF3N2OS. The molecule has 3 nitrogen and oxygen atoms in total. The average molecular weight is 353 g/mol. The van der Waals surface area contributed by atoms with Crippen LogP contribution >= 0.6 is 11.6 Å². The lowest BCUT2D eigenvalue weighted by molar-refractivity contribution is -0.137. The highest BCUT2D eigenvalue weighted by Gasteiger charge is 2.46. The number of nitrogens with zero attached hydrogens (tertiary/aromatic N) is 2. The maximum Gasteiger partial charge on any atom is 0.417 e. The minimum Gasteiger partial charge on any atom is -0.258 e. The van der Waals surface area contributed by atoms with Gasteiger partial charge in [0.2, 0.25) is 0 Å². The standard InChI is InChI=1S/C14H16ClF3N2OS/c1-12(2,3)22(21)20-8-13(4-5-13)11-10(15)6-9(7-19-11)14(16,17)18/h6-8H,4-5H2,1-3H3. The van der Waals surface area contributed by atoms with Crippen LogP contribution in [0.1, 0.15) is 44.9 Å². The van der Waals surface area contributed by atoms with Gasteiger partial charge in [0.05, 0.1) is 26.4 Å². The number of aromatic nitrogens is 1. The van der Waals surface area contributed by atoms with Crippen molar-refractivity contribution < 1.29 is 17.4 Å². The second kappa shape index (κ2) is 5.60. The fourth-order valence-corrected chi connectivity index (χ4v) is 2.80. The summed E-state index contributed by atoms with van der Waals surface area (Å²) in [5, 5.41) is -0.0414. The van der Waals surface area contributed by atoms with E-state index in [9.17, 15) is 17.4 Å². The first kappa shape index (κ1) is 17.4. The highest BCUT2D eigenvalue weighted by Crippen LogP contribution is 2.48. The lowest BCUT2D eigenvalue weighted by Gasteiger charge is -2.16. The van der Waals surface area contributed by atoms with Gasteiger partial charge < -0.3 is 0 Å². The largest absolute Gasteiger partial charge is 0.417 e. The number of alkyl halides is 3. The SMILES string of the molecule is CC(C)(C)S(=O)N=CC1(c2ncc(C(F)(F)F)cc2Cl)CC1. The maximum atomic E-state index is 12.6. The molecule has 122 valence electrons. The third-order valence-electron chi connectivity index (χ3n) is 3.35. The van der Waals surface area contributed by atoms with Gasteiger partial charge in [-0.1, -0.05) is 11.6 Å². The van der Waals surface area contributed by atoms with Crippen molar-refractivity contribution >= 4 is 28.8 Å². The van der Waals surface area contributed by atoms with Crippen molar-refractivity contribution in [3.05, 3.63) is 28.5 Å². The van der Waals surface area contributed by atoms with Crippen LogP contribution in [0.5, 0.6) is 0 Å². The number of rotatable bonds is 3. The molecule has 0 spiro atoms. The number of hydrogen-bond donors (Lipinski definition) is 0. The van der Waals surface area contributed by atoms with Gasteiger partial charge in [-0.3, -0.25) is 4.98 Å². The quantitative estimate of drug-likeness (QED) is 0.760. The van der Waals surface area contributed by atoms with Gasteiger partial charge in [0.1, 0.15) is 11.0 Å². The van der Waals surface area contributed by atoms with Crippen LogP contribution in [-0.2, 0) is 22.6 Å². The highest BCUT2D eigenvalue weighted by molar-refractivity contribution is 7.85. The first-order valence-corrected chi connectivity index (χ1v) is 8.15.